The van der Waals surface area contributed by atoms with Gasteiger partial charge in [0.25, 0.3) is 0 Å². The molecule has 0 amide bonds. The molecule has 166 valence electrons. The summed E-state index contributed by atoms with van der Waals surface area (Å²) in [5.41, 5.74) is 0.170. The minimum atomic E-state index is -3.59. The Kier molecular flexibility index (Phi) is 10.9. The van der Waals surface area contributed by atoms with Gasteiger partial charge in [-0.2, -0.15) is 0 Å². The van der Waals surface area contributed by atoms with Crippen LogP contribution in [0.4, 0.5) is 0 Å². The van der Waals surface area contributed by atoms with E-state index in [2.05, 4.69) is 25.2 Å². The van der Waals surface area contributed by atoms with Crippen LogP contribution in [0.5, 0.6) is 0 Å². The van der Waals surface area contributed by atoms with Gasteiger partial charge in [-0.1, -0.05) is 24.6 Å². The van der Waals surface area contributed by atoms with Crippen molar-refractivity contribution in [1.82, 2.24) is 20.3 Å². The Hall–Kier alpha value is -0.910. The van der Waals surface area contributed by atoms with Gasteiger partial charge in [-0.05, 0) is 58.3 Å². The van der Waals surface area contributed by atoms with E-state index in [-0.39, 0.29) is 24.0 Å². The molecule has 0 atom stereocenters. The number of sulfonamides is 1. The van der Waals surface area contributed by atoms with Gasteiger partial charge in [0, 0.05) is 32.2 Å². The second-order valence-corrected chi connectivity index (χ2v) is 9.87. The highest BCUT2D eigenvalue weighted by atomic mass is 127. The van der Waals surface area contributed by atoms with Crippen LogP contribution in [0.25, 0.3) is 0 Å². The first-order valence-electron chi connectivity index (χ1n) is 10.00. The molecule has 0 aromatic heterocycles. The van der Waals surface area contributed by atoms with Crippen LogP contribution in [0, 0.1) is 0 Å². The lowest BCUT2D eigenvalue weighted by atomic mass is 10.1. The largest absolute Gasteiger partial charge is 0.355 e. The van der Waals surface area contributed by atoms with Crippen molar-refractivity contribution in [3.63, 3.8) is 0 Å². The van der Waals surface area contributed by atoms with Gasteiger partial charge in [-0.25, -0.2) is 13.1 Å². The van der Waals surface area contributed by atoms with Crippen LogP contribution in [0.3, 0.4) is 0 Å². The number of nitrogens with one attached hydrogen (secondary N) is 3. The van der Waals surface area contributed by atoms with Crippen molar-refractivity contribution >= 4 is 40.0 Å². The van der Waals surface area contributed by atoms with E-state index in [0.717, 1.165) is 13.1 Å². The topological polar surface area (TPSA) is 85.8 Å². The first-order chi connectivity index (χ1) is 13.2. The second kappa shape index (κ2) is 12.1. The summed E-state index contributed by atoms with van der Waals surface area (Å²) in [4.78, 5) is 7.00. The summed E-state index contributed by atoms with van der Waals surface area (Å²) in [6.45, 7) is 10.0. The van der Waals surface area contributed by atoms with E-state index in [0.29, 0.717) is 23.0 Å². The lowest BCUT2D eigenvalue weighted by Gasteiger charge is -2.26. The van der Waals surface area contributed by atoms with Crippen LogP contribution in [0.2, 0.25) is 0 Å². The SMILES string of the molecule is CN=C(NCCN1CCCCC1)NCc1ccccc1S(=O)(=O)NC(C)(C)C.I. The molecule has 0 spiro atoms. The smallest absolute Gasteiger partial charge is 0.241 e. The fourth-order valence-corrected chi connectivity index (χ4v) is 4.94. The van der Waals surface area contributed by atoms with Crippen LogP contribution in [-0.4, -0.2) is 58.0 Å². The number of benzene rings is 1. The number of hydrogen-bond donors (Lipinski definition) is 3. The number of aliphatic imine (C=N–C) groups is 1. The number of hydrogen-bond acceptors (Lipinski definition) is 4. The van der Waals surface area contributed by atoms with Crippen LogP contribution < -0.4 is 15.4 Å². The average Bonchev–Trinajstić information content (AvgIpc) is 2.63. The molecule has 1 aliphatic heterocycles. The van der Waals surface area contributed by atoms with Crippen molar-refractivity contribution in [2.45, 2.75) is 57.0 Å². The van der Waals surface area contributed by atoms with Gasteiger partial charge in [0.15, 0.2) is 5.96 Å². The summed E-state index contributed by atoms with van der Waals surface area (Å²) >= 11 is 0. The maximum Gasteiger partial charge on any atom is 0.241 e. The van der Waals surface area contributed by atoms with E-state index in [1.54, 1.807) is 19.2 Å². The van der Waals surface area contributed by atoms with Gasteiger partial charge in [0.1, 0.15) is 0 Å². The molecule has 1 aromatic rings. The minimum Gasteiger partial charge on any atom is -0.355 e. The standard InChI is InChI=1S/C20H35N5O2S.HI/c1-20(2,3)24-28(26,27)18-11-7-6-10-17(18)16-23-19(21-4)22-12-15-25-13-8-5-9-14-25;/h6-7,10-11,24H,5,8-9,12-16H2,1-4H3,(H2,21,22,23);1H. The molecule has 0 bridgehead atoms. The van der Waals surface area contributed by atoms with E-state index < -0.39 is 15.6 Å². The number of piperidine rings is 1. The van der Waals surface area contributed by atoms with Crippen LogP contribution >= 0.6 is 24.0 Å². The first-order valence-corrected chi connectivity index (χ1v) is 11.5. The fourth-order valence-electron chi connectivity index (χ4n) is 3.29. The van der Waals surface area contributed by atoms with Gasteiger partial charge >= 0.3 is 0 Å². The maximum atomic E-state index is 12.7. The van der Waals surface area contributed by atoms with Gasteiger partial charge in [0.2, 0.25) is 10.0 Å². The Bertz CT molecular complexity index is 756. The highest BCUT2D eigenvalue weighted by Crippen LogP contribution is 2.17. The van der Waals surface area contributed by atoms with Gasteiger partial charge in [0.05, 0.1) is 4.90 Å². The zero-order chi connectivity index (χ0) is 20.6. The Labute approximate surface area is 193 Å². The second-order valence-electron chi connectivity index (χ2n) is 8.22. The molecule has 1 aliphatic rings. The number of nitrogens with zero attached hydrogens (tertiary/aromatic N) is 2. The van der Waals surface area contributed by atoms with E-state index in [4.69, 9.17) is 0 Å². The fraction of sp³-hybridized carbons (Fsp3) is 0.650. The monoisotopic (exact) mass is 537 g/mol. The molecule has 9 heteroatoms. The van der Waals surface area contributed by atoms with Crippen LogP contribution in [0.15, 0.2) is 34.2 Å². The molecular weight excluding hydrogens is 501 g/mol. The molecule has 1 aromatic carbocycles. The van der Waals surface area contributed by atoms with E-state index in [1.807, 2.05) is 32.9 Å². The van der Waals surface area contributed by atoms with Gasteiger partial charge in [-0.15, -0.1) is 24.0 Å². The Morgan fingerprint density at radius 1 is 1.10 bits per heavy atom. The molecule has 3 N–H and O–H groups in total. The number of likely N-dealkylation sites (tertiary alicyclic amines) is 1. The molecule has 0 saturated carbocycles. The van der Waals surface area contributed by atoms with Crippen molar-refractivity contribution in [1.29, 1.82) is 0 Å². The predicted octanol–water partition coefficient (Wildman–Crippen LogP) is 2.53. The average molecular weight is 538 g/mol. The molecular formula is C20H36IN5O2S. The van der Waals surface area contributed by atoms with Crippen molar-refractivity contribution in [3.05, 3.63) is 29.8 Å². The molecule has 1 fully saturated rings. The summed E-state index contributed by atoms with van der Waals surface area (Å²) in [7, 11) is -1.87. The minimum absolute atomic E-state index is 0. The van der Waals surface area contributed by atoms with Gasteiger partial charge < -0.3 is 15.5 Å². The van der Waals surface area contributed by atoms with E-state index in [1.165, 1.54) is 32.4 Å². The zero-order valence-corrected chi connectivity index (χ0v) is 21.1. The highest BCUT2D eigenvalue weighted by molar-refractivity contribution is 14.0. The molecule has 0 aliphatic carbocycles. The quantitative estimate of drug-likeness (QED) is 0.283. The molecule has 2 rings (SSSR count). The maximum absolute atomic E-state index is 12.7. The van der Waals surface area contributed by atoms with Crippen molar-refractivity contribution in [2.75, 3.05) is 33.2 Å². The van der Waals surface area contributed by atoms with Crippen LogP contribution in [-0.2, 0) is 16.6 Å². The summed E-state index contributed by atoms with van der Waals surface area (Å²) in [6.07, 6.45) is 3.89. The Balaban J connectivity index is 0.00000420. The molecule has 0 radical (unpaired) electrons. The molecule has 0 unspecified atom stereocenters. The molecule has 1 saturated heterocycles. The Morgan fingerprint density at radius 3 is 2.38 bits per heavy atom. The molecule has 7 nitrogen and oxygen atoms in total. The first kappa shape index (κ1) is 26.1. The summed E-state index contributed by atoms with van der Waals surface area (Å²) in [6, 6.07) is 7.05. The summed E-state index contributed by atoms with van der Waals surface area (Å²) in [5, 5.41) is 6.54. The highest BCUT2D eigenvalue weighted by Gasteiger charge is 2.24. The number of guanidine groups is 1. The van der Waals surface area contributed by atoms with Crippen molar-refractivity contribution in [3.8, 4) is 0 Å². The third-order valence-corrected chi connectivity index (χ3v) is 6.40. The number of rotatable bonds is 7. The van der Waals surface area contributed by atoms with Crippen molar-refractivity contribution in [2.24, 2.45) is 4.99 Å². The van der Waals surface area contributed by atoms with Crippen molar-refractivity contribution < 1.29 is 8.42 Å². The summed E-state index contributed by atoms with van der Waals surface area (Å²) < 4.78 is 28.2. The lowest BCUT2D eigenvalue weighted by Crippen LogP contribution is -2.43. The third kappa shape index (κ3) is 9.18. The number of halogens is 1. The summed E-state index contributed by atoms with van der Waals surface area (Å²) in [5.74, 6) is 0.674. The molecule has 1 heterocycles. The van der Waals surface area contributed by atoms with Gasteiger partial charge in [-0.3, -0.25) is 4.99 Å². The van der Waals surface area contributed by atoms with E-state index >= 15 is 0 Å². The molecule has 29 heavy (non-hydrogen) atoms. The van der Waals surface area contributed by atoms with Crippen LogP contribution in [0.1, 0.15) is 45.6 Å². The third-order valence-electron chi connectivity index (χ3n) is 4.54. The lowest BCUT2D eigenvalue weighted by molar-refractivity contribution is 0.232. The predicted molar refractivity (Wildman–Crippen MR) is 130 cm³/mol. The zero-order valence-electron chi connectivity index (χ0n) is 18.0. The van der Waals surface area contributed by atoms with E-state index in [9.17, 15) is 8.42 Å². The Morgan fingerprint density at radius 2 is 1.76 bits per heavy atom. The normalized spacial score (nSPS) is 16.2.